The minimum absolute atomic E-state index is 0.196. The molecule has 0 spiro atoms. The number of allylic oxidation sites excluding steroid dienone is 1. The van der Waals surface area contributed by atoms with Gasteiger partial charge >= 0.3 is 6.03 Å². The first kappa shape index (κ1) is 19.7. The first-order chi connectivity index (χ1) is 9.94. The van der Waals surface area contributed by atoms with E-state index in [0.29, 0.717) is 6.29 Å². The molecule has 1 heterocycles. The summed E-state index contributed by atoms with van der Waals surface area (Å²) in [7, 11) is 1.39. The molecule has 21 heavy (non-hydrogen) atoms. The van der Waals surface area contributed by atoms with Gasteiger partial charge in [-0.2, -0.15) is 0 Å². The van der Waals surface area contributed by atoms with E-state index >= 15 is 0 Å². The van der Waals surface area contributed by atoms with Crippen LogP contribution in [0, 0.1) is 0 Å². The Labute approximate surface area is 125 Å². The van der Waals surface area contributed by atoms with Crippen molar-refractivity contribution in [2.45, 2.75) is 24.9 Å². The van der Waals surface area contributed by atoms with E-state index in [1.165, 1.54) is 7.05 Å². The minimum Gasteiger partial charge on any atom is -0.394 e. The molecule has 0 aromatic heterocycles. The van der Waals surface area contributed by atoms with Crippen LogP contribution in [0.25, 0.3) is 0 Å². The van der Waals surface area contributed by atoms with E-state index in [1.807, 2.05) is 0 Å². The van der Waals surface area contributed by atoms with Crippen LogP contribution in [-0.4, -0.2) is 66.4 Å². The smallest absolute Gasteiger partial charge is 0.323 e. The first-order valence-corrected chi connectivity index (χ1v) is 6.21. The number of carbonyl (C=O) groups is 2. The number of carbonyl (C=O) groups excluding carboxylic acids is 2. The van der Waals surface area contributed by atoms with E-state index in [0.717, 1.165) is 11.1 Å². The summed E-state index contributed by atoms with van der Waals surface area (Å²) in [5.41, 5.74) is 0. The van der Waals surface area contributed by atoms with E-state index in [-0.39, 0.29) is 18.1 Å². The molecule has 7 nitrogen and oxygen atoms in total. The number of nitrogens with one attached hydrogen (secondary N) is 1. The van der Waals surface area contributed by atoms with Gasteiger partial charge in [-0.05, 0) is 0 Å². The van der Waals surface area contributed by atoms with Crippen LogP contribution >= 0.6 is 11.6 Å². The third-order valence-corrected chi connectivity index (χ3v) is 2.65. The van der Waals surface area contributed by atoms with Gasteiger partial charge in [0.2, 0.25) is 6.93 Å². The number of aliphatic hydroxyl groups is 2. The molecule has 1 aliphatic heterocycles. The summed E-state index contributed by atoms with van der Waals surface area (Å²) in [6.45, 7) is -2.01. The number of urea groups is 1. The monoisotopic (exact) mass is 330 g/mol. The number of rotatable bonds is 4. The molecule has 0 bridgehead atoms. The zero-order valence-corrected chi connectivity index (χ0v) is 12.0. The molecule has 0 aromatic carbocycles. The summed E-state index contributed by atoms with van der Waals surface area (Å²) in [4.78, 5) is 23.1. The molecule has 0 aromatic rings. The largest absolute Gasteiger partial charge is 0.394 e. The maximum Gasteiger partial charge on any atom is 0.323 e. The van der Waals surface area contributed by atoms with Crippen LogP contribution in [0.2, 0.25) is 0 Å². The third-order valence-electron chi connectivity index (χ3n) is 2.47. The van der Waals surface area contributed by atoms with E-state index in [2.05, 4.69) is 5.32 Å². The maximum absolute atomic E-state index is 11.6. The van der Waals surface area contributed by atoms with Gasteiger partial charge in [0.1, 0.15) is 6.10 Å². The Morgan fingerprint density at radius 2 is 2.14 bits per heavy atom. The molecule has 122 valence electrons. The average molecular weight is 331 g/mol. The van der Waals surface area contributed by atoms with Gasteiger partial charge in [0.25, 0.3) is 0 Å². The molecule has 1 rings (SSSR count). The fourth-order valence-corrected chi connectivity index (χ4v) is 1.74. The summed E-state index contributed by atoms with van der Waals surface area (Å²) in [6, 6.07) is -0.586. The summed E-state index contributed by atoms with van der Waals surface area (Å²) < 4.78 is 24.5. The third kappa shape index (κ3) is 6.34. The molecule has 1 fully saturated rings. The predicted molar refractivity (Wildman–Crippen MR) is 69.7 cm³/mol. The van der Waals surface area contributed by atoms with Crippen molar-refractivity contribution >= 4 is 23.9 Å². The van der Waals surface area contributed by atoms with Gasteiger partial charge in [-0.1, -0.05) is 11.6 Å². The highest BCUT2D eigenvalue weighted by atomic mass is 35.5. The number of alkyl halides is 2. The van der Waals surface area contributed by atoms with Gasteiger partial charge in [0.15, 0.2) is 12.5 Å². The molecule has 3 N–H and O–H groups in total. The highest BCUT2D eigenvalue weighted by Crippen LogP contribution is 2.24. The molecular formula is C11H17ClF2N2O5. The molecule has 0 saturated carbocycles. The van der Waals surface area contributed by atoms with Crippen molar-refractivity contribution in [3.05, 3.63) is 11.2 Å². The summed E-state index contributed by atoms with van der Waals surface area (Å²) in [6.07, 6.45) is -0.881. The predicted octanol–water partition coefficient (Wildman–Crippen LogP) is 0.258. The van der Waals surface area contributed by atoms with Crippen molar-refractivity contribution in [1.82, 2.24) is 10.2 Å². The average Bonchev–Trinajstić information content (AvgIpc) is 2.85. The van der Waals surface area contributed by atoms with E-state index in [1.54, 1.807) is 0 Å². The lowest BCUT2D eigenvalue weighted by atomic mass is 10.2. The zero-order chi connectivity index (χ0) is 16.4. The molecule has 3 atom stereocenters. The Hall–Kier alpha value is -1.29. The van der Waals surface area contributed by atoms with Gasteiger partial charge in [-0.25, -0.2) is 13.6 Å². The SMILES string of the molecule is CNC(=O)N(/C=C(/Cl)C=O)C1OC(CO)CC1O.FCF. The molecule has 3 unspecified atom stereocenters. The number of ether oxygens (including phenoxy) is 1. The van der Waals surface area contributed by atoms with Crippen molar-refractivity contribution in [2.24, 2.45) is 0 Å². The number of halogens is 3. The van der Waals surface area contributed by atoms with Crippen LogP contribution in [0.15, 0.2) is 11.2 Å². The fraction of sp³-hybridized carbons (Fsp3) is 0.636. The number of nitrogens with zero attached hydrogens (tertiary/aromatic N) is 1. The lowest BCUT2D eigenvalue weighted by molar-refractivity contribution is -0.104. The Morgan fingerprint density at radius 3 is 2.52 bits per heavy atom. The second kappa shape index (κ2) is 10.4. The number of amides is 2. The lowest BCUT2D eigenvalue weighted by Crippen LogP contribution is -2.46. The van der Waals surface area contributed by atoms with Crippen LogP contribution in [0.4, 0.5) is 13.6 Å². The lowest BCUT2D eigenvalue weighted by Gasteiger charge is -2.26. The molecule has 1 saturated heterocycles. The Morgan fingerprint density at radius 1 is 1.57 bits per heavy atom. The van der Waals surface area contributed by atoms with E-state index in [4.69, 9.17) is 21.4 Å². The van der Waals surface area contributed by atoms with Gasteiger partial charge in [0.05, 0.1) is 17.7 Å². The number of hydrogen-bond donors (Lipinski definition) is 3. The second-order valence-electron chi connectivity index (χ2n) is 3.83. The summed E-state index contributed by atoms with van der Waals surface area (Å²) in [5.74, 6) is 0. The van der Waals surface area contributed by atoms with Gasteiger partial charge < -0.3 is 20.3 Å². The van der Waals surface area contributed by atoms with Gasteiger partial charge in [-0.15, -0.1) is 0 Å². The van der Waals surface area contributed by atoms with Crippen LogP contribution in [0.5, 0.6) is 0 Å². The molecule has 10 heteroatoms. The highest BCUT2D eigenvalue weighted by molar-refractivity contribution is 6.38. The highest BCUT2D eigenvalue weighted by Gasteiger charge is 2.39. The van der Waals surface area contributed by atoms with Crippen molar-refractivity contribution in [1.29, 1.82) is 0 Å². The molecule has 0 radical (unpaired) electrons. The zero-order valence-electron chi connectivity index (χ0n) is 11.2. The van der Waals surface area contributed by atoms with Crippen molar-refractivity contribution in [3.8, 4) is 0 Å². The molecule has 2 amide bonds. The summed E-state index contributed by atoms with van der Waals surface area (Å²) in [5, 5.41) is 20.9. The number of hydrogen-bond acceptors (Lipinski definition) is 5. The normalized spacial score (nSPS) is 24.9. The fourth-order valence-electron chi connectivity index (χ4n) is 1.64. The molecule has 1 aliphatic rings. The van der Waals surface area contributed by atoms with Crippen LogP contribution < -0.4 is 5.32 Å². The minimum atomic E-state index is -1.75. The standard InChI is InChI=1S/C10H15ClN2O5.CH2F2/c1-12-10(17)13(3-6(11)4-14)9-8(16)2-7(5-15)18-9;2-1-3/h3-4,7-9,15-16H,2,5H2,1H3,(H,12,17);1H2/b6-3+;. The van der Waals surface area contributed by atoms with Crippen molar-refractivity contribution < 1.29 is 33.3 Å². The van der Waals surface area contributed by atoms with Crippen LogP contribution in [0.1, 0.15) is 6.42 Å². The van der Waals surface area contributed by atoms with Crippen molar-refractivity contribution in [2.75, 3.05) is 20.6 Å². The van der Waals surface area contributed by atoms with Gasteiger partial charge in [0, 0.05) is 19.7 Å². The van der Waals surface area contributed by atoms with Crippen molar-refractivity contribution in [3.63, 3.8) is 0 Å². The van der Waals surface area contributed by atoms with Crippen LogP contribution in [-0.2, 0) is 9.53 Å². The van der Waals surface area contributed by atoms with E-state index < -0.39 is 31.4 Å². The molecular weight excluding hydrogens is 314 g/mol. The Bertz CT molecular complexity index is 373. The molecule has 0 aliphatic carbocycles. The number of aldehydes is 1. The Kier molecular flexibility index (Phi) is 9.80. The number of aliphatic hydroxyl groups excluding tert-OH is 2. The first-order valence-electron chi connectivity index (χ1n) is 5.83. The quantitative estimate of drug-likeness (QED) is 0.507. The second-order valence-corrected chi connectivity index (χ2v) is 4.27. The topological polar surface area (TPSA) is 99.1 Å². The maximum atomic E-state index is 11.6. The Balaban J connectivity index is 0.00000122. The van der Waals surface area contributed by atoms with Crippen LogP contribution in [0.3, 0.4) is 0 Å². The van der Waals surface area contributed by atoms with E-state index in [9.17, 15) is 23.5 Å². The summed E-state index contributed by atoms with van der Waals surface area (Å²) >= 11 is 5.54. The van der Waals surface area contributed by atoms with Gasteiger partial charge in [-0.3, -0.25) is 9.69 Å².